The summed E-state index contributed by atoms with van der Waals surface area (Å²) in [7, 11) is 1.63. The van der Waals surface area contributed by atoms with Crippen LogP contribution in [-0.2, 0) is 19.4 Å². The number of aryl methyl sites for hydroxylation is 1. The Morgan fingerprint density at radius 3 is 2.70 bits per heavy atom. The summed E-state index contributed by atoms with van der Waals surface area (Å²) in [6, 6.07) is 9.71. The normalized spacial score (nSPS) is 16.3. The highest BCUT2D eigenvalue weighted by Crippen LogP contribution is 2.37. The first kappa shape index (κ1) is 18.8. The molecule has 1 saturated heterocycles. The highest BCUT2D eigenvalue weighted by molar-refractivity contribution is 5.91. The fourth-order valence-corrected chi connectivity index (χ4v) is 4.24. The van der Waals surface area contributed by atoms with E-state index in [0.717, 1.165) is 45.8 Å². The molecule has 5 rings (SSSR count). The van der Waals surface area contributed by atoms with Gasteiger partial charge in [-0.15, -0.1) is 0 Å². The molecule has 3 aromatic rings. The number of nitrogens with two attached hydrogens (primary N) is 1. The first-order valence-corrected chi connectivity index (χ1v) is 9.94. The van der Waals surface area contributed by atoms with Crippen LogP contribution in [0.15, 0.2) is 36.5 Å². The van der Waals surface area contributed by atoms with Crippen molar-refractivity contribution in [1.82, 2.24) is 20.1 Å². The highest BCUT2D eigenvalue weighted by Gasteiger charge is 2.36. The summed E-state index contributed by atoms with van der Waals surface area (Å²) in [5, 5.41) is 17.8. The summed E-state index contributed by atoms with van der Waals surface area (Å²) in [6.07, 6.45) is 3.24. The SMILES string of the molecule is COc1ccc(-c2cc3c(cn2)CCc2c-3nn(CC3(N)CNC3)c2C(=O)O)cc1. The van der Waals surface area contributed by atoms with Crippen LogP contribution < -0.4 is 15.8 Å². The van der Waals surface area contributed by atoms with Gasteiger partial charge in [-0.3, -0.25) is 9.67 Å². The summed E-state index contributed by atoms with van der Waals surface area (Å²) in [4.78, 5) is 16.7. The zero-order chi connectivity index (χ0) is 20.9. The molecule has 1 aromatic carbocycles. The second-order valence-corrected chi connectivity index (χ2v) is 8.06. The van der Waals surface area contributed by atoms with Crippen LogP contribution in [0.4, 0.5) is 0 Å². The number of fused-ring (bicyclic) bond motifs is 3. The summed E-state index contributed by atoms with van der Waals surface area (Å²) < 4.78 is 6.81. The van der Waals surface area contributed by atoms with Gasteiger partial charge >= 0.3 is 5.97 Å². The molecule has 1 aliphatic heterocycles. The van der Waals surface area contributed by atoms with Crippen LogP contribution >= 0.6 is 0 Å². The topological polar surface area (TPSA) is 115 Å². The van der Waals surface area contributed by atoms with Gasteiger partial charge in [0.25, 0.3) is 0 Å². The van der Waals surface area contributed by atoms with E-state index >= 15 is 0 Å². The zero-order valence-corrected chi connectivity index (χ0v) is 16.7. The van der Waals surface area contributed by atoms with Crippen LogP contribution in [0, 0.1) is 0 Å². The number of hydrogen-bond acceptors (Lipinski definition) is 6. The third-order valence-electron chi connectivity index (χ3n) is 5.94. The number of methoxy groups -OCH3 is 1. The summed E-state index contributed by atoms with van der Waals surface area (Å²) in [6.45, 7) is 1.68. The first-order valence-electron chi connectivity index (χ1n) is 9.94. The van der Waals surface area contributed by atoms with Crippen LogP contribution in [0.2, 0.25) is 0 Å². The minimum atomic E-state index is -0.965. The van der Waals surface area contributed by atoms with Gasteiger partial charge in [-0.2, -0.15) is 5.10 Å². The van der Waals surface area contributed by atoms with E-state index in [1.54, 1.807) is 11.8 Å². The molecular weight excluding hydrogens is 382 g/mol. The van der Waals surface area contributed by atoms with E-state index in [1.807, 2.05) is 36.5 Å². The van der Waals surface area contributed by atoms with Crippen LogP contribution in [0.1, 0.15) is 21.6 Å². The molecular formula is C22H23N5O3. The quantitative estimate of drug-likeness (QED) is 0.592. The molecule has 1 fully saturated rings. The first-order chi connectivity index (χ1) is 14.5. The minimum absolute atomic E-state index is 0.246. The van der Waals surface area contributed by atoms with E-state index in [0.29, 0.717) is 26.1 Å². The lowest BCUT2D eigenvalue weighted by Crippen LogP contribution is -2.67. The van der Waals surface area contributed by atoms with Gasteiger partial charge in [0.1, 0.15) is 11.4 Å². The number of hydrogen-bond donors (Lipinski definition) is 3. The second-order valence-electron chi connectivity index (χ2n) is 8.06. The third-order valence-corrected chi connectivity index (χ3v) is 5.94. The van der Waals surface area contributed by atoms with Gasteiger partial charge in [-0.05, 0) is 48.7 Å². The van der Waals surface area contributed by atoms with Crippen molar-refractivity contribution in [3.63, 3.8) is 0 Å². The molecule has 0 amide bonds. The molecule has 0 unspecified atom stereocenters. The molecule has 1 aliphatic carbocycles. The number of benzene rings is 1. The molecule has 8 nitrogen and oxygen atoms in total. The standard InChI is InChI=1S/C22H23N5O3/c1-30-15-5-2-13(3-6-15)18-8-17-14(9-25-18)4-7-16-19(17)26-27(20(16)21(28)29)12-22(23)10-24-11-22/h2-3,5-6,8-9,24H,4,7,10-12,23H2,1H3,(H,28,29). The molecule has 0 radical (unpaired) electrons. The van der Waals surface area contributed by atoms with Gasteiger partial charge < -0.3 is 20.9 Å². The average Bonchev–Trinajstić information content (AvgIpc) is 3.10. The summed E-state index contributed by atoms with van der Waals surface area (Å²) in [5.41, 5.74) is 11.4. The predicted octanol–water partition coefficient (Wildman–Crippen LogP) is 1.72. The Bertz CT molecular complexity index is 1130. The number of nitrogens with one attached hydrogen (secondary N) is 1. The summed E-state index contributed by atoms with van der Waals surface area (Å²) in [5.74, 6) is -0.183. The average molecular weight is 405 g/mol. The molecule has 8 heteroatoms. The number of aromatic carboxylic acids is 1. The lowest BCUT2D eigenvalue weighted by Gasteiger charge is -2.39. The Labute approximate surface area is 173 Å². The van der Waals surface area contributed by atoms with Crippen molar-refractivity contribution in [1.29, 1.82) is 0 Å². The van der Waals surface area contributed by atoms with E-state index in [1.165, 1.54) is 0 Å². The third kappa shape index (κ3) is 3.05. The molecule has 0 bridgehead atoms. The predicted molar refractivity (Wildman–Crippen MR) is 112 cm³/mol. The van der Waals surface area contributed by atoms with E-state index in [4.69, 9.17) is 15.6 Å². The number of carboxylic acids is 1. The highest BCUT2D eigenvalue weighted by atomic mass is 16.5. The molecule has 2 aromatic heterocycles. The number of rotatable bonds is 5. The maximum absolute atomic E-state index is 12.1. The minimum Gasteiger partial charge on any atom is -0.497 e. The number of pyridine rings is 1. The lowest BCUT2D eigenvalue weighted by atomic mass is 9.89. The van der Waals surface area contributed by atoms with Gasteiger partial charge in [-0.1, -0.05) is 0 Å². The van der Waals surface area contributed by atoms with Crippen molar-refractivity contribution < 1.29 is 14.6 Å². The van der Waals surface area contributed by atoms with E-state index in [2.05, 4.69) is 10.3 Å². The van der Waals surface area contributed by atoms with Crippen molar-refractivity contribution in [2.75, 3.05) is 20.2 Å². The molecule has 0 atom stereocenters. The fraction of sp³-hybridized carbons (Fsp3) is 0.318. The molecule has 3 heterocycles. The number of carbonyl (C=O) groups is 1. The zero-order valence-electron chi connectivity index (χ0n) is 16.7. The Morgan fingerprint density at radius 1 is 1.30 bits per heavy atom. The molecule has 0 saturated carbocycles. The second kappa shape index (κ2) is 6.93. The lowest BCUT2D eigenvalue weighted by molar-refractivity contribution is 0.0678. The number of carboxylic acid groups (broad SMARTS) is 1. The Hall–Kier alpha value is -3.23. The van der Waals surface area contributed by atoms with Crippen LogP contribution in [0.5, 0.6) is 5.75 Å². The number of nitrogens with zero attached hydrogens (tertiary/aromatic N) is 3. The molecule has 30 heavy (non-hydrogen) atoms. The number of aromatic nitrogens is 3. The largest absolute Gasteiger partial charge is 0.497 e. The summed E-state index contributed by atoms with van der Waals surface area (Å²) >= 11 is 0. The van der Waals surface area contributed by atoms with Gasteiger partial charge in [0.2, 0.25) is 0 Å². The van der Waals surface area contributed by atoms with Crippen LogP contribution in [0.3, 0.4) is 0 Å². The van der Waals surface area contributed by atoms with Crippen molar-refractivity contribution in [3.8, 4) is 28.3 Å². The fourth-order valence-electron chi connectivity index (χ4n) is 4.24. The molecule has 154 valence electrons. The van der Waals surface area contributed by atoms with Crippen LogP contribution in [0.25, 0.3) is 22.5 Å². The van der Waals surface area contributed by atoms with E-state index in [-0.39, 0.29) is 5.69 Å². The van der Waals surface area contributed by atoms with Crippen molar-refractivity contribution in [3.05, 3.63) is 53.3 Å². The smallest absolute Gasteiger partial charge is 0.354 e. The van der Waals surface area contributed by atoms with Gasteiger partial charge in [0.15, 0.2) is 0 Å². The van der Waals surface area contributed by atoms with Gasteiger partial charge in [-0.25, -0.2) is 4.79 Å². The van der Waals surface area contributed by atoms with Crippen molar-refractivity contribution in [2.45, 2.75) is 24.9 Å². The van der Waals surface area contributed by atoms with Crippen molar-refractivity contribution in [2.24, 2.45) is 5.73 Å². The van der Waals surface area contributed by atoms with Crippen molar-refractivity contribution >= 4 is 5.97 Å². The maximum Gasteiger partial charge on any atom is 0.354 e. The Morgan fingerprint density at radius 2 is 2.07 bits per heavy atom. The Balaban J connectivity index is 1.59. The monoisotopic (exact) mass is 405 g/mol. The number of ether oxygens (including phenoxy) is 1. The Kier molecular flexibility index (Phi) is 4.34. The molecule has 2 aliphatic rings. The molecule has 4 N–H and O–H groups in total. The van der Waals surface area contributed by atoms with E-state index in [9.17, 15) is 9.90 Å². The van der Waals surface area contributed by atoms with E-state index < -0.39 is 11.5 Å². The van der Waals surface area contributed by atoms with Gasteiger partial charge in [0, 0.05) is 36.0 Å². The van der Waals surface area contributed by atoms with Crippen LogP contribution in [-0.4, -0.2) is 51.6 Å². The van der Waals surface area contributed by atoms with Gasteiger partial charge in [0.05, 0.1) is 30.6 Å². The maximum atomic E-state index is 12.1. The molecule has 0 spiro atoms.